The summed E-state index contributed by atoms with van der Waals surface area (Å²) < 4.78 is 0. The molecule has 2 aromatic carbocycles. The maximum atomic E-state index is 5.43. The van der Waals surface area contributed by atoms with Gasteiger partial charge in [-0.2, -0.15) is 0 Å². The summed E-state index contributed by atoms with van der Waals surface area (Å²) in [6.45, 7) is 0.633. The third-order valence-corrected chi connectivity index (χ3v) is 3.01. The Labute approximate surface area is 109 Å². The van der Waals surface area contributed by atoms with E-state index in [0.29, 0.717) is 6.54 Å². The highest BCUT2D eigenvalue weighted by Gasteiger charge is 2.17. The first-order valence-corrected chi connectivity index (χ1v) is 6.06. The molecule has 0 radical (unpaired) electrons. The van der Waals surface area contributed by atoms with Crippen LogP contribution in [0.3, 0.4) is 0 Å². The van der Waals surface area contributed by atoms with Gasteiger partial charge in [-0.3, -0.25) is 4.90 Å². The predicted molar refractivity (Wildman–Crippen MR) is 76.2 cm³/mol. The second-order valence-electron chi connectivity index (χ2n) is 4.34. The SMILES string of the molecule is C#CCN(C)C(c1ccccc1)c1ccccc1. The van der Waals surface area contributed by atoms with Crippen LogP contribution in [0, 0.1) is 12.3 Å². The van der Waals surface area contributed by atoms with E-state index >= 15 is 0 Å². The van der Waals surface area contributed by atoms with Gasteiger partial charge in [0.2, 0.25) is 0 Å². The number of hydrogen-bond acceptors (Lipinski definition) is 1. The Bertz CT molecular complexity index is 471. The average molecular weight is 235 g/mol. The van der Waals surface area contributed by atoms with Gasteiger partial charge in [0, 0.05) is 0 Å². The standard InChI is InChI=1S/C17H17N/c1-3-14-18(2)17(15-10-6-4-7-11-15)16-12-8-5-9-13-16/h1,4-13,17H,14H2,2H3. The topological polar surface area (TPSA) is 3.24 Å². The highest BCUT2D eigenvalue weighted by Crippen LogP contribution is 2.26. The van der Waals surface area contributed by atoms with Gasteiger partial charge in [0.1, 0.15) is 0 Å². The first-order valence-electron chi connectivity index (χ1n) is 6.06. The van der Waals surface area contributed by atoms with Crippen molar-refractivity contribution in [3.05, 3.63) is 71.8 Å². The zero-order valence-electron chi connectivity index (χ0n) is 10.6. The molecule has 1 nitrogen and oxygen atoms in total. The lowest BCUT2D eigenvalue weighted by Crippen LogP contribution is -2.25. The zero-order valence-corrected chi connectivity index (χ0v) is 10.6. The van der Waals surface area contributed by atoms with E-state index in [2.05, 4.69) is 66.4 Å². The van der Waals surface area contributed by atoms with Gasteiger partial charge in [0.15, 0.2) is 0 Å². The van der Waals surface area contributed by atoms with Crippen molar-refractivity contribution in [2.24, 2.45) is 0 Å². The Morgan fingerprint density at radius 2 is 1.39 bits per heavy atom. The smallest absolute Gasteiger partial charge is 0.0607 e. The summed E-state index contributed by atoms with van der Waals surface area (Å²) in [5, 5.41) is 0. The van der Waals surface area contributed by atoms with Crippen LogP contribution < -0.4 is 0 Å². The van der Waals surface area contributed by atoms with E-state index in [4.69, 9.17) is 6.42 Å². The van der Waals surface area contributed by atoms with Crippen LogP contribution in [0.2, 0.25) is 0 Å². The molecule has 0 bridgehead atoms. The molecule has 1 heteroatoms. The molecule has 2 aromatic rings. The molecular weight excluding hydrogens is 218 g/mol. The molecule has 18 heavy (non-hydrogen) atoms. The molecule has 0 atom stereocenters. The minimum atomic E-state index is 0.212. The van der Waals surface area contributed by atoms with Crippen LogP contribution in [0.1, 0.15) is 17.2 Å². The summed E-state index contributed by atoms with van der Waals surface area (Å²) in [6.07, 6.45) is 5.43. The Morgan fingerprint density at radius 1 is 0.944 bits per heavy atom. The highest BCUT2D eigenvalue weighted by molar-refractivity contribution is 5.31. The number of nitrogens with zero attached hydrogens (tertiary/aromatic N) is 1. The van der Waals surface area contributed by atoms with Gasteiger partial charge >= 0.3 is 0 Å². The van der Waals surface area contributed by atoms with Crippen LogP contribution >= 0.6 is 0 Å². The Morgan fingerprint density at radius 3 is 1.78 bits per heavy atom. The third-order valence-electron chi connectivity index (χ3n) is 3.01. The van der Waals surface area contributed by atoms with Crippen LogP contribution in [-0.4, -0.2) is 18.5 Å². The fraction of sp³-hybridized carbons (Fsp3) is 0.176. The van der Waals surface area contributed by atoms with Crippen LogP contribution in [-0.2, 0) is 0 Å². The van der Waals surface area contributed by atoms with Crippen molar-refractivity contribution in [2.75, 3.05) is 13.6 Å². The molecule has 0 amide bonds. The van der Waals surface area contributed by atoms with E-state index in [1.54, 1.807) is 0 Å². The van der Waals surface area contributed by atoms with Crippen molar-refractivity contribution in [3.63, 3.8) is 0 Å². The molecule has 0 unspecified atom stereocenters. The lowest BCUT2D eigenvalue weighted by molar-refractivity contribution is 0.314. The van der Waals surface area contributed by atoms with Crippen molar-refractivity contribution >= 4 is 0 Å². The molecule has 0 aromatic heterocycles. The van der Waals surface area contributed by atoms with E-state index in [1.165, 1.54) is 11.1 Å². The first kappa shape index (κ1) is 12.4. The van der Waals surface area contributed by atoms with Crippen LogP contribution in [0.5, 0.6) is 0 Å². The van der Waals surface area contributed by atoms with Gasteiger partial charge in [-0.25, -0.2) is 0 Å². The second kappa shape index (κ2) is 6.05. The molecular formula is C17H17N. The van der Waals surface area contributed by atoms with E-state index in [9.17, 15) is 0 Å². The molecule has 0 saturated carbocycles. The fourth-order valence-corrected chi connectivity index (χ4v) is 2.21. The lowest BCUT2D eigenvalue weighted by atomic mass is 9.97. The fourth-order valence-electron chi connectivity index (χ4n) is 2.21. The number of benzene rings is 2. The minimum absolute atomic E-state index is 0.212. The van der Waals surface area contributed by atoms with Crippen LogP contribution in [0.25, 0.3) is 0 Å². The average Bonchev–Trinajstić information content (AvgIpc) is 2.42. The predicted octanol–water partition coefficient (Wildman–Crippen LogP) is 3.34. The Kier molecular flexibility index (Phi) is 4.17. The van der Waals surface area contributed by atoms with Crippen molar-refractivity contribution < 1.29 is 0 Å². The van der Waals surface area contributed by atoms with Gasteiger partial charge in [-0.15, -0.1) is 6.42 Å². The van der Waals surface area contributed by atoms with Gasteiger partial charge < -0.3 is 0 Å². The quantitative estimate of drug-likeness (QED) is 0.735. The van der Waals surface area contributed by atoms with E-state index in [1.807, 2.05) is 12.1 Å². The number of terminal acetylenes is 1. The normalized spacial score (nSPS) is 10.6. The van der Waals surface area contributed by atoms with Crippen molar-refractivity contribution in [1.29, 1.82) is 0 Å². The summed E-state index contributed by atoms with van der Waals surface area (Å²) >= 11 is 0. The van der Waals surface area contributed by atoms with Crippen LogP contribution in [0.4, 0.5) is 0 Å². The maximum Gasteiger partial charge on any atom is 0.0607 e. The largest absolute Gasteiger partial charge is 0.284 e. The molecule has 0 spiro atoms. The monoisotopic (exact) mass is 235 g/mol. The molecule has 2 rings (SSSR count). The third kappa shape index (κ3) is 2.80. The Balaban J connectivity index is 2.39. The maximum absolute atomic E-state index is 5.43. The number of rotatable bonds is 4. The van der Waals surface area contributed by atoms with Gasteiger partial charge in [-0.1, -0.05) is 66.6 Å². The van der Waals surface area contributed by atoms with E-state index < -0.39 is 0 Å². The molecule has 0 fully saturated rings. The second-order valence-corrected chi connectivity index (χ2v) is 4.34. The zero-order chi connectivity index (χ0) is 12.8. The molecule has 0 aliphatic rings. The van der Waals surface area contributed by atoms with Gasteiger partial charge in [0.05, 0.1) is 12.6 Å². The summed E-state index contributed by atoms with van der Waals surface area (Å²) in [6, 6.07) is 21.1. The lowest BCUT2D eigenvalue weighted by Gasteiger charge is -2.27. The molecule has 90 valence electrons. The summed E-state index contributed by atoms with van der Waals surface area (Å²) in [7, 11) is 2.06. The summed E-state index contributed by atoms with van der Waals surface area (Å²) in [5.74, 6) is 2.71. The van der Waals surface area contributed by atoms with Gasteiger partial charge in [-0.05, 0) is 18.2 Å². The van der Waals surface area contributed by atoms with Crippen molar-refractivity contribution in [1.82, 2.24) is 4.90 Å². The van der Waals surface area contributed by atoms with Gasteiger partial charge in [0.25, 0.3) is 0 Å². The van der Waals surface area contributed by atoms with Crippen molar-refractivity contribution in [2.45, 2.75) is 6.04 Å². The molecule has 0 saturated heterocycles. The number of hydrogen-bond donors (Lipinski definition) is 0. The van der Waals surface area contributed by atoms with Crippen LogP contribution in [0.15, 0.2) is 60.7 Å². The Hall–Kier alpha value is -2.04. The first-order chi connectivity index (χ1) is 8.83. The molecule has 0 aliphatic carbocycles. The van der Waals surface area contributed by atoms with Crippen molar-refractivity contribution in [3.8, 4) is 12.3 Å². The molecule has 0 heterocycles. The molecule has 0 N–H and O–H groups in total. The van der Waals surface area contributed by atoms with E-state index in [-0.39, 0.29) is 6.04 Å². The van der Waals surface area contributed by atoms with E-state index in [0.717, 1.165) is 0 Å². The molecule has 0 aliphatic heterocycles. The summed E-state index contributed by atoms with van der Waals surface area (Å²) in [5.41, 5.74) is 2.53. The summed E-state index contributed by atoms with van der Waals surface area (Å²) in [4.78, 5) is 2.19. The highest BCUT2D eigenvalue weighted by atomic mass is 15.1. The minimum Gasteiger partial charge on any atom is -0.284 e.